The third-order valence-corrected chi connectivity index (χ3v) is 4.43. The van der Waals surface area contributed by atoms with Gasteiger partial charge in [-0.25, -0.2) is 4.98 Å². The molecule has 4 nitrogen and oxygen atoms in total. The summed E-state index contributed by atoms with van der Waals surface area (Å²) in [5.74, 6) is 0.688. The maximum atomic E-state index is 9.77. The summed E-state index contributed by atoms with van der Waals surface area (Å²) in [5, 5.41) is 11.5. The van der Waals surface area contributed by atoms with Crippen molar-refractivity contribution in [1.82, 2.24) is 4.98 Å². The number of pyridine rings is 1. The molecule has 6 heteroatoms. The Balaban J connectivity index is 2.38. The molecule has 0 radical (unpaired) electrons. The van der Waals surface area contributed by atoms with E-state index in [1.54, 1.807) is 32.4 Å². The van der Waals surface area contributed by atoms with Crippen molar-refractivity contribution < 1.29 is 9.47 Å². The Morgan fingerprint density at radius 2 is 1.92 bits per heavy atom. The minimum Gasteiger partial charge on any atom is -0.497 e. The lowest BCUT2D eigenvalue weighted by molar-refractivity contribution is 0.185. The highest BCUT2D eigenvalue weighted by molar-refractivity contribution is 6.36. The van der Waals surface area contributed by atoms with Crippen molar-refractivity contribution >= 4 is 34.1 Å². The molecule has 1 heterocycles. The smallest absolute Gasteiger partial charge is 0.119 e. The fraction of sp³-hybridized carbons (Fsp3) is 0.158. The minimum atomic E-state index is 0.271. The summed E-state index contributed by atoms with van der Waals surface area (Å²) in [6.45, 7) is 0.271. The average molecular weight is 373 g/mol. The summed E-state index contributed by atoms with van der Waals surface area (Å²) in [6, 6.07) is 12.9. The van der Waals surface area contributed by atoms with Gasteiger partial charge < -0.3 is 9.47 Å². The van der Waals surface area contributed by atoms with Crippen LogP contribution in [0.15, 0.2) is 36.4 Å². The van der Waals surface area contributed by atoms with E-state index in [-0.39, 0.29) is 6.61 Å². The van der Waals surface area contributed by atoms with E-state index in [0.29, 0.717) is 32.6 Å². The molecule has 3 aromatic rings. The lowest BCUT2D eigenvalue weighted by Crippen LogP contribution is -2.01. The zero-order chi connectivity index (χ0) is 18.0. The Morgan fingerprint density at radius 3 is 2.56 bits per heavy atom. The van der Waals surface area contributed by atoms with Crippen LogP contribution in [0.2, 0.25) is 10.0 Å². The van der Waals surface area contributed by atoms with Crippen LogP contribution in [0.4, 0.5) is 0 Å². The van der Waals surface area contributed by atoms with Gasteiger partial charge in [0.05, 0.1) is 35.5 Å². The van der Waals surface area contributed by atoms with Crippen LogP contribution >= 0.6 is 23.2 Å². The molecule has 0 unspecified atom stereocenters. The average Bonchev–Trinajstić information content (AvgIpc) is 2.61. The van der Waals surface area contributed by atoms with Gasteiger partial charge in [-0.3, -0.25) is 0 Å². The van der Waals surface area contributed by atoms with Crippen LogP contribution in [-0.4, -0.2) is 19.2 Å². The lowest BCUT2D eigenvalue weighted by Gasteiger charge is -2.14. The molecule has 0 spiro atoms. The van der Waals surface area contributed by atoms with E-state index in [1.807, 2.05) is 18.2 Å². The highest BCUT2D eigenvalue weighted by atomic mass is 35.5. The number of benzene rings is 2. The van der Waals surface area contributed by atoms with Gasteiger partial charge in [-0.15, -0.1) is 0 Å². The number of aromatic nitrogens is 1. The van der Waals surface area contributed by atoms with Crippen molar-refractivity contribution in [3.63, 3.8) is 0 Å². The van der Waals surface area contributed by atoms with Crippen LogP contribution in [0.1, 0.15) is 11.1 Å². The zero-order valence-electron chi connectivity index (χ0n) is 13.6. The first-order valence-corrected chi connectivity index (χ1v) is 8.19. The zero-order valence-corrected chi connectivity index (χ0v) is 15.1. The van der Waals surface area contributed by atoms with Crippen molar-refractivity contribution in [2.75, 3.05) is 14.2 Å². The second-order valence-corrected chi connectivity index (χ2v) is 6.21. The maximum absolute atomic E-state index is 9.77. The largest absolute Gasteiger partial charge is 0.497 e. The van der Waals surface area contributed by atoms with Gasteiger partial charge in [0.15, 0.2) is 0 Å². The van der Waals surface area contributed by atoms with Crippen LogP contribution in [0.25, 0.3) is 22.2 Å². The first-order chi connectivity index (χ1) is 12.1. The summed E-state index contributed by atoms with van der Waals surface area (Å²) in [7, 11) is 3.18. The second kappa shape index (κ2) is 7.28. The van der Waals surface area contributed by atoms with Crippen molar-refractivity contribution in [1.29, 1.82) is 5.26 Å². The fourth-order valence-corrected chi connectivity index (χ4v) is 3.22. The predicted molar refractivity (Wildman–Crippen MR) is 99.2 cm³/mol. The molecule has 0 saturated carbocycles. The molecule has 0 amide bonds. The van der Waals surface area contributed by atoms with E-state index in [2.05, 4.69) is 11.1 Å². The number of methoxy groups -OCH3 is 2. The van der Waals surface area contributed by atoms with Crippen LogP contribution in [-0.2, 0) is 11.3 Å². The monoisotopic (exact) mass is 372 g/mol. The SMILES string of the molecule is COCc1c(C#N)c(-c2ccc(Cl)cc2Cl)nc2ccc(OC)cc12. The summed E-state index contributed by atoms with van der Waals surface area (Å²) in [4.78, 5) is 4.66. The molecule has 3 rings (SSSR count). The van der Waals surface area contributed by atoms with Gasteiger partial charge in [0.1, 0.15) is 11.8 Å². The standard InChI is InChI=1S/C19H14Cl2N2O2/c1-24-10-16-14-8-12(25-2)4-6-18(14)23-19(15(16)9-22)13-5-3-11(20)7-17(13)21/h3-8H,10H2,1-2H3. The minimum absolute atomic E-state index is 0.271. The van der Waals surface area contributed by atoms with Crippen molar-refractivity contribution in [3.8, 4) is 23.1 Å². The number of fused-ring (bicyclic) bond motifs is 1. The Bertz CT molecular complexity index is 997. The molecule has 0 aliphatic carbocycles. The summed E-state index contributed by atoms with van der Waals surface area (Å²) in [6.07, 6.45) is 0. The molecule has 0 saturated heterocycles. The van der Waals surface area contributed by atoms with Gasteiger partial charge in [0.2, 0.25) is 0 Å². The van der Waals surface area contributed by atoms with Gasteiger partial charge in [-0.05, 0) is 36.4 Å². The lowest BCUT2D eigenvalue weighted by atomic mass is 9.97. The first kappa shape index (κ1) is 17.5. The van der Waals surface area contributed by atoms with Gasteiger partial charge >= 0.3 is 0 Å². The topological polar surface area (TPSA) is 55.1 Å². The molecule has 0 fully saturated rings. The molecule has 0 bridgehead atoms. The highest BCUT2D eigenvalue weighted by Gasteiger charge is 2.19. The van der Waals surface area contributed by atoms with Crippen LogP contribution in [0.3, 0.4) is 0 Å². The number of rotatable bonds is 4. The molecule has 126 valence electrons. The molecule has 2 aromatic carbocycles. The van der Waals surface area contributed by atoms with Gasteiger partial charge in [0.25, 0.3) is 0 Å². The molecular formula is C19H14Cl2N2O2. The number of hydrogen-bond donors (Lipinski definition) is 0. The summed E-state index contributed by atoms with van der Waals surface area (Å²) in [5.41, 5.74) is 3.06. The Labute approximate surface area is 155 Å². The normalized spacial score (nSPS) is 10.7. The predicted octanol–water partition coefficient (Wildman–Crippen LogP) is 5.24. The molecule has 0 N–H and O–H groups in total. The van der Waals surface area contributed by atoms with E-state index in [9.17, 15) is 5.26 Å². The van der Waals surface area contributed by atoms with Crippen molar-refractivity contribution in [3.05, 3.63) is 57.6 Å². The number of halogens is 2. The Hall–Kier alpha value is -2.32. The molecule has 0 atom stereocenters. The molecule has 25 heavy (non-hydrogen) atoms. The van der Waals surface area contributed by atoms with Crippen molar-refractivity contribution in [2.24, 2.45) is 0 Å². The summed E-state index contributed by atoms with van der Waals surface area (Å²) >= 11 is 12.3. The number of hydrogen-bond acceptors (Lipinski definition) is 4. The molecule has 0 aliphatic rings. The number of nitriles is 1. The Morgan fingerprint density at radius 1 is 1.12 bits per heavy atom. The first-order valence-electron chi connectivity index (χ1n) is 7.44. The third kappa shape index (κ3) is 3.27. The van der Waals surface area contributed by atoms with E-state index >= 15 is 0 Å². The maximum Gasteiger partial charge on any atom is 0.119 e. The number of nitrogens with zero attached hydrogens (tertiary/aromatic N) is 2. The van der Waals surface area contributed by atoms with E-state index < -0.39 is 0 Å². The molecule has 0 aliphatic heterocycles. The molecular weight excluding hydrogens is 359 g/mol. The van der Waals surface area contributed by atoms with Gasteiger partial charge in [-0.2, -0.15) is 5.26 Å². The third-order valence-electron chi connectivity index (χ3n) is 3.89. The summed E-state index contributed by atoms with van der Waals surface area (Å²) < 4.78 is 10.6. The van der Waals surface area contributed by atoms with Crippen molar-refractivity contribution in [2.45, 2.75) is 6.61 Å². The number of ether oxygens (including phenoxy) is 2. The Kier molecular flexibility index (Phi) is 5.10. The second-order valence-electron chi connectivity index (χ2n) is 5.37. The van der Waals surface area contributed by atoms with Gasteiger partial charge in [0, 0.05) is 28.6 Å². The van der Waals surface area contributed by atoms with Crippen LogP contribution in [0, 0.1) is 11.3 Å². The molecule has 1 aromatic heterocycles. The van der Waals surface area contributed by atoms with Gasteiger partial charge in [-0.1, -0.05) is 23.2 Å². The van der Waals surface area contributed by atoms with E-state index in [0.717, 1.165) is 16.5 Å². The van der Waals surface area contributed by atoms with E-state index in [4.69, 9.17) is 32.7 Å². The van der Waals surface area contributed by atoms with E-state index in [1.165, 1.54) is 0 Å². The van der Waals surface area contributed by atoms with Crippen LogP contribution in [0.5, 0.6) is 5.75 Å². The fourth-order valence-electron chi connectivity index (χ4n) is 2.73. The quantitative estimate of drug-likeness (QED) is 0.628. The highest BCUT2D eigenvalue weighted by Crippen LogP contribution is 2.36. The van der Waals surface area contributed by atoms with Crippen LogP contribution < -0.4 is 4.74 Å².